The fourth-order valence-corrected chi connectivity index (χ4v) is 6.88. The van der Waals surface area contributed by atoms with Crippen LogP contribution in [0.15, 0.2) is 36.4 Å². The van der Waals surface area contributed by atoms with Gasteiger partial charge in [0, 0.05) is 25.6 Å². The summed E-state index contributed by atoms with van der Waals surface area (Å²) >= 11 is 6.39. The van der Waals surface area contributed by atoms with E-state index in [1.165, 1.54) is 23.1 Å². The molecule has 13 heteroatoms. The quantitative estimate of drug-likeness (QED) is 0.322. The number of benzene rings is 2. The maximum atomic E-state index is 13.8. The molecule has 0 aromatic heterocycles. The van der Waals surface area contributed by atoms with E-state index in [4.69, 9.17) is 16.3 Å². The van der Waals surface area contributed by atoms with Gasteiger partial charge in [0.1, 0.15) is 11.8 Å². The minimum atomic E-state index is -1.22. The molecule has 10 nitrogen and oxygen atoms in total. The third-order valence-corrected chi connectivity index (χ3v) is 9.19. The summed E-state index contributed by atoms with van der Waals surface area (Å²) in [7, 11) is 0. The van der Waals surface area contributed by atoms with Gasteiger partial charge in [0.25, 0.3) is 11.8 Å². The van der Waals surface area contributed by atoms with Crippen LogP contribution in [0.25, 0.3) is 11.1 Å². The number of Topliss-reactive ketones (excluding diaryl/α,β-unsaturated/α-hetero) is 1. The predicted molar refractivity (Wildman–Crippen MR) is 160 cm³/mol. The molecule has 2 saturated heterocycles. The van der Waals surface area contributed by atoms with Crippen molar-refractivity contribution in [3.63, 3.8) is 0 Å². The summed E-state index contributed by atoms with van der Waals surface area (Å²) in [5, 5.41) is 8.04. The second kappa shape index (κ2) is 13.9. The molecule has 1 saturated carbocycles. The zero-order valence-electron chi connectivity index (χ0n) is 24.7. The van der Waals surface area contributed by atoms with Crippen molar-refractivity contribution in [2.45, 2.75) is 51.1 Å². The Balaban J connectivity index is 1.28. The number of nitrogens with one attached hydrogen (secondary N) is 3. The second-order valence-electron chi connectivity index (χ2n) is 11.7. The third kappa shape index (κ3) is 7.11. The summed E-state index contributed by atoms with van der Waals surface area (Å²) in [5.74, 6) is -5.24. The Morgan fingerprint density at radius 2 is 1.82 bits per heavy atom. The summed E-state index contributed by atoms with van der Waals surface area (Å²) in [5.41, 5.74) is 0.932. The molecule has 5 atom stereocenters. The molecule has 45 heavy (non-hydrogen) atoms. The Kier molecular flexibility index (Phi) is 10.0. The smallest absolute Gasteiger partial charge is 0.289 e. The molecule has 4 amide bonds. The lowest BCUT2D eigenvalue weighted by Gasteiger charge is -2.29. The van der Waals surface area contributed by atoms with Crippen LogP contribution in [0.1, 0.15) is 39.0 Å². The SMILES string of the molecule is CCNC(=O)C(=O)[C@H](C[C@@H]1CCNC1=O)NC(=O)[C@@H]1[C@H]2CCC[C@H]2CN1C(=O)COc1ccc(-c2ccc(F)c(F)c2)cc1Cl. The van der Waals surface area contributed by atoms with Crippen molar-refractivity contribution in [1.82, 2.24) is 20.9 Å². The topological polar surface area (TPSA) is 134 Å². The lowest BCUT2D eigenvalue weighted by atomic mass is 9.91. The van der Waals surface area contributed by atoms with Crippen molar-refractivity contribution in [2.75, 3.05) is 26.2 Å². The summed E-state index contributed by atoms with van der Waals surface area (Å²) in [6.45, 7) is 2.26. The van der Waals surface area contributed by atoms with Crippen LogP contribution in [-0.2, 0) is 24.0 Å². The van der Waals surface area contributed by atoms with Crippen LogP contribution in [-0.4, -0.2) is 72.6 Å². The molecule has 0 unspecified atom stereocenters. The molecule has 2 aliphatic heterocycles. The van der Waals surface area contributed by atoms with Gasteiger partial charge in [-0.25, -0.2) is 8.78 Å². The fraction of sp³-hybridized carbons (Fsp3) is 0.469. The van der Waals surface area contributed by atoms with Gasteiger partial charge in [-0.05, 0) is 79.8 Å². The van der Waals surface area contributed by atoms with E-state index in [2.05, 4.69) is 16.0 Å². The van der Waals surface area contributed by atoms with Crippen molar-refractivity contribution in [1.29, 1.82) is 0 Å². The number of carbonyl (C=O) groups is 5. The summed E-state index contributed by atoms with van der Waals surface area (Å²) < 4.78 is 32.8. The molecule has 2 heterocycles. The second-order valence-corrected chi connectivity index (χ2v) is 12.1. The number of nitrogens with zero attached hydrogens (tertiary/aromatic N) is 1. The summed E-state index contributed by atoms with van der Waals surface area (Å²) in [6, 6.07) is 6.03. The van der Waals surface area contributed by atoms with Gasteiger partial charge >= 0.3 is 0 Å². The monoisotopic (exact) mass is 644 g/mol. The number of rotatable bonds is 11. The van der Waals surface area contributed by atoms with E-state index in [1.54, 1.807) is 13.0 Å². The van der Waals surface area contributed by atoms with Crippen LogP contribution >= 0.6 is 11.6 Å². The van der Waals surface area contributed by atoms with Crippen LogP contribution in [0, 0.1) is 29.4 Å². The molecule has 3 fully saturated rings. The average Bonchev–Trinajstić information content (AvgIpc) is 3.73. The number of carbonyl (C=O) groups excluding carboxylic acids is 5. The molecule has 240 valence electrons. The molecular formula is C32H35ClF2N4O6. The number of likely N-dealkylation sites (N-methyl/N-ethyl adjacent to an activating group) is 1. The zero-order chi connectivity index (χ0) is 32.2. The van der Waals surface area contributed by atoms with E-state index in [1.807, 2.05) is 0 Å². The first kappa shape index (κ1) is 32.3. The zero-order valence-corrected chi connectivity index (χ0v) is 25.5. The number of amides is 4. The highest BCUT2D eigenvalue weighted by molar-refractivity contribution is 6.38. The normalized spacial score (nSPS) is 22.8. The number of hydrogen-bond donors (Lipinski definition) is 3. The number of hydrogen-bond acceptors (Lipinski definition) is 6. The van der Waals surface area contributed by atoms with Crippen molar-refractivity contribution >= 4 is 41.0 Å². The number of ether oxygens (including phenoxy) is 1. The molecule has 0 spiro atoms. The van der Waals surface area contributed by atoms with Gasteiger partial charge in [0.15, 0.2) is 18.2 Å². The number of ketones is 1. The van der Waals surface area contributed by atoms with E-state index in [9.17, 15) is 32.8 Å². The molecule has 5 rings (SSSR count). The van der Waals surface area contributed by atoms with E-state index in [0.29, 0.717) is 30.6 Å². The highest BCUT2D eigenvalue weighted by Crippen LogP contribution is 2.42. The van der Waals surface area contributed by atoms with Crippen LogP contribution < -0.4 is 20.7 Å². The van der Waals surface area contributed by atoms with Crippen molar-refractivity contribution in [2.24, 2.45) is 17.8 Å². The van der Waals surface area contributed by atoms with E-state index in [0.717, 1.165) is 31.4 Å². The largest absolute Gasteiger partial charge is 0.482 e. The molecule has 0 radical (unpaired) electrons. The van der Waals surface area contributed by atoms with E-state index < -0.39 is 59.7 Å². The highest BCUT2D eigenvalue weighted by atomic mass is 35.5. The van der Waals surface area contributed by atoms with E-state index >= 15 is 0 Å². The molecular weight excluding hydrogens is 610 g/mol. The lowest BCUT2D eigenvalue weighted by molar-refractivity contribution is -0.143. The van der Waals surface area contributed by atoms with Crippen LogP contribution in [0.2, 0.25) is 5.02 Å². The first-order valence-corrected chi connectivity index (χ1v) is 15.5. The molecule has 3 N–H and O–H groups in total. The standard InChI is InChI=1S/C32H35ClF2N4O6/c1-2-36-32(44)29(41)25(14-19-10-11-37-30(19)42)38-31(43)28-21-5-3-4-20(21)15-39(28)27(40)16-45-26-9-7-17(12-22(26)33)18-6-8-23(34)24(35)13-18/h6-9,12-13,19-21,25,28H,2-5,10-11,14-16H2,1H3,(H,36,44)(H,37,42)(H,38,43)/t19-,20-,21-,25-,28-/m0/s1. The van der Waals surface area contributed by atoms with Gasteiger partial charge in [-0.2, -0.15) is 0 Å². The lowest BCUT2D eigenvalue weighted by Crippen LogP contribution is -2.55. The predicted octanol–water partition coefficient (Wildman–Crippen LogP) is 3.01. The van der Waals surface area contributed by atoms with Crippen LogP contribution in [0.4, 0.5) is 8.78 Å². The molecule has 3 aliphatic rings. The van der Waals surface area contributed by atoms with Gasteiger partial charge in [0.2, 0.25) is 17.6 Å². The average molecular weight is 645 g/mol. The van der Waals surface area contributed by atoms with Crippen molar-refractivity contribution < 1.29 is 37.5 Å². The van der Waals surface area contributed by atoms with Gasteiger partial charge in [-0.15, -0.1) is 0 Å². The van der Waals surface area contributed by atoms with Crippen molar-refractivity contribution in [3.05, 3.63) is 53.1 Å². The van der Waals surface area contributed by atoms with Gasteiger partial charge in [0.05, 0.1) is 11.1 Å². The molecule has 2 aromatic rings. The third-order valence-electron chi connectivity index (χ3n) is 8.89. The van der Waals surface area contributed by atoms with Crippen molar-refractivity contribution in [3.8, 4) is 16.9 Å². The highest BCUT2D eigenvalue weighted by Gasteiger charge is 2.50. The Labute approximate surface area is 264 Å². The number of fused-ring (bicyclic) bond motifs is 1. The van der Waals surface area contributed by atoms with Crippen LogP contribution in [0.5, 0.6) is 5.75 Å². The first-order chi connectivity index (χ1) is 21.6. The number of halogens is 3. The first-order valence-electron chi connectivity index (χ1n) is 15.1. The Bertz CT molecular complexity index is 1510. The molecule has 0 bridgehead atoms. The summed E-state index contributed by atoms with van der Waals surface area (Å²) in [6.07, 6.45) is 2.93. The Hall–Kier alpha value is -4.06. The minimum Gasteiger partial charge on any atom is -0.482 e. The maximum absolute atomic E-state index is 13.8. The van der Waals surface area contributed by atoms with Gasteiger partial charge in [-0.3, -0.25) is 24.0 Å². The Morgan fingerprint density at radius 1 is 1.07 bits per heavy atom. The van der Waals surface area contributed by atoms with Crippen LogP contribution in [0.3, 0.4) is 0 Å². The molecule has 2 aromatic carbocycles. The summed E-state index contributed by atoms with van der Waals surface area (Å²) in [4.78, 5) is 66.5. The van der Waals surface area contributed by atoms with E-state index in [-0.39, 0.29) is 41.5 Å². The maximum Gasteiger partial charge on any atom is 0.289 e. The van der Waals surface area contributed by atoms with Gasteiger partial charge in [-0.1, -0.05) is 30.2 Å². The fourth-order valence-electron chi connectivity index (χ4n) is 6.64. The Morgan fingerprint density at radius 3 is 2.51 bits per heavy atom. The minimum absolute atomic E-state index is 0.0233. The molecule has 1 aliphatic carbocycles. The number of likely N-dealkylation sites (tertiary alicyclic amines) is 1. The van der Waals surface area contributed by atoms with Gasteiger partial charge < -0.3 is 25.6 Å².